The largest absolute Gasteiger partial charge is 0.457 e. The number of aromatic nitrogens is 2. The lowest BCUT2D eigenvalue weighted by molar-refractivity contribution is 0.151. The smallest absolute Gasteiger partial charge is 0.316 e. The minimum Gasteiger partial charge on any atom is -0.457 e. The van der Waals surface area contributed by atoms with E-state index in [9.17, 15) is 8.78 Å². The zero-order valence-electron chi connectivity index (χ0n) is 12.0. The molecule has 0 atom stereocenters. The van der Waals surface area contributed by atoms with Crippen LogP contribution < -0.4 is 10.6 Å². The van der Waals surface area contributed by atoms with Gasteiger partial charge in [0.1, 0.15) is 12.3 Å². The fraction of sp³-hybridized carbons (Fsp3) is 0.143. The normalized spacial score (nSPS) is 12.1. The Hall–Kier alpha value is -2.32. The maximum Gasteiger partial charge on any atom is 0.316 e. The minimum atomic E-state index is -2.69. The molecular weight excluding hydrogens is 363 g/mol. The summed E-state index contributed by atoms with van der Waals surface area (Å²) in [4.78, 5) is 11.7. The molecule has 1 heterocycles. The quantitative estimate of drug-likeness (QED) is 0.473. The summed E-state index contributed by atoms with van der Waals surface area (Å²) in [5.41, 5.74) is 0.226. The van der Waals surface area contributed by atoms with Crippen molar-refractivity contribution in [1.29, 1.82) is 0 Å². The highest BCUT2D eigenvalue weighted by atomic mass is 35.5. The summed E-state index contributed by atoms with van der Waals surface area (Å²) < 4.78 is 30.8. The van der Waals surface area contributed by atoms with E-state index in [-0.39, 0.29) is 34.6 Å². The third-order valence-electron chi connectivity index (χ3n) is 2.69. The summed E-state index contributed by atoms with van der Waals surface area (Å²) in [6.45, 7) is -0.0586. The highest BCUT2D eigenvalue weighted by molar-refractivity contribution is 6.32. The predicted molar refractivity (Wildman–Crippen MR) is 88.7 cm³/mol. The molecule has 2 rings (SSSR count). The Morgan fingerprint density at radius 1 is 1.29 bits per heavy atom. The molecule has 0 unspecified atom stereocenters. The Labute approximate surface area is 146 Å². The molecule has 6 nitrogen and oxygen atoms in total. The molecule has 24 heavy (non-hydrogen) atoms. The van der Waals surface area contributed by atoms with Crippen LogP contribution >= 0.6 is 23.2 Å². The first-order chi connectivity index (χ1) is 11.5. The summed E-state index contributed by atoms with van der Waals surface area (Å²) in [5, 5.41) is 3.84. The van der Waals surface area contributed by atoms with E-state index in [1.807, 2.05) is 0 Å². The van der Waals surface area contributed by atoms with Gasteiger partial charge in [0.05, 0.1) is 29.3 Å². The van der Waals surface area contributed by atoms with Gasteiger partial charge in [-0.15, -0.1) is 0 Å². The molecule has 0 aliphatic carbocycles. The molecule has 0 aliphatic heterocycles. The lowest BCUT2D eigenvalue weighted by Crippen LogP contribution is -2.15. The van der Waals surface area contributed by atoms with Gasteiger partial charge in [-0.25, -0.2) is 18.7 Å². The Kier molecular flexibility index (Phi) is 6.39. The van der Waals surface area contributed by atoms with Gasteiger partial charge in [0, 0.05) is 10.6 Å². The van der Waals surface area contributed by atoms with Crippen molar-refractivity contribution in [2.45, 2.75) is 6.43 Å². The Morgan fingerprint density at radius 2 is 2.00 bits per heavy atom. The van der Waals surface area contributed by atoms with Crippen molar-refractivity contribution in [3.63, 3.8) is 0 Å². The van der Waals surface area contributed by atoms with Gasteiger partial charge in [0.2, 0.25) is 0 Å². The fourth-order valence-corrected chi connectivity index (χ4v) is 1.85. The Balaban J connectivity index is 2.03. The Morgan fingerprint density at radius 3 is 2.62 bits per heavy atom. The van der Waals surface area contributed by atoms with Gasteiger partial charge in [-0.2, -0.15) is 5.10 Å². The number of aliphatic imine (C=N–C) groups is 1. The van der Waals surface area contributed by atoms with E-state index >= 15 is 0 Å². The van der Waals surface area contributed by atoms with Crippen molar-refractivity contribution >= 4 is 40.8 Å². The van der Waals surface area contributed by atoms with Crippen LogP contribution in [0.4, 0.5) is 14.5 Å². The molecule has 2 N–H and O–H groups in total. The third-order valence-corrected chi connectivity index (χ3v) is 3.23. The number of benzene rings is 1. The van der Waals surface area contributed by atoms with Crippen molar-refractivity contribution < 1.29 is 13.5 Å². The van der Waals surface area contributed by atoms with Gasteiger partial charge < -0.3 is 10.6 Å². The first-order valence-corrected chi connectivity index (χ1v) is 7.24. The number of alkyl halides is 2. The lowest BCUT2D eigenvalue weighted by atomic mass is 10.2. The van der Waals surface area contributed by atoms with Crippen molar-refractivity contribution in [2.75, 3.05) is 6.61 Å². The van der Waals surface area contributed by atoms with Crippen LogP contribution in [-0.4, -0.2) is 28.5 Å². The number of ether oxygens (including phenoxy) is 1. The molecule has 1 aromatic heterocycles. The maximum absolute atomic E-state index is 12.8. The maximum atomic E-state index is 12.8. The number of hydrazone groups is 1. The number of rotatable bonds is 6. The number of hydrogen-bond donors (Lipinski definition) is 1. The first kappa shape index (κ1) is 18.0. The average molecular weight is 374 g/mol. The molecule has 0 fully saturated rings. The van der Waals surface area contributed by atoms with Crippen LogP contribution in [0.1, 0.15) is 12.0 Å². The molecule has 0 amide bonds. The Bertz CT molecular complexity index is 753. The number of hydrogen-bond acceptors (Lipinski definition) is 6. The van der Waals surface area contributed by atoms with E-state index in [1.54, 1.807) is 0 Å². The van der Waals surface area contributed by atoms with Gasteiger partial charge >= 0.3 is 6.01 Å². The molecule has 0 saturated carbocycles. The van der Waals surface area contributed by atoms with Crippen molar-refractivity contribution in [2.24, 2.45) is 15.9 Å². The summed E-state index contributed by atoms with van der Waals surface area (Å²) in [6, 6.07) is 4.09. The molecule has 1 aromatic carbocycles. The molecule has 2 aromatic rings. The van der Waals surface area contributed by atoms with Crippen LogP contribution in [0.15, 0.2) is 40.7 Å². The van der Waals surface area contributed by atoms with Crippen LogP contribution in [0, 0.1) is 0 Å². The monoisotopic (exact) mass is 373 g/mol. The molecule has 0 bridgehead atoms. The van der Waals surface area contributed by atoms with Crippen LogP contribution in [0.2, 0.25) is 10.0 Å². The van der Waals surface area contributed by atoms with Gasteiger partial charge in [-0.1, -0.05) is 23.2 Å². The van der Waals surface area contributed by atoms with Crippen LogP contribution in [0.25, 0.3) is 0 Å². The zero-order valence-corrected chi connectivity index (χ0v) is 13.5. The highest BCUT2D eigenvalue weighted by Gasteiger charge is 2.12. The molecule has 0 aliphatic rings. The van der Waals surface area contributed by atoms with Crippen LogP contribution in [-0.2, 0) is 0 Å². The minimum absolute atomic E-state index is 0.0279. The van der Waals surface area contributed by atoms with Gasteiger partial charge in [-0.05, 0) is 18.2 Å². The van der Waals surface area contributed by atoms with Gasteiger partial charge in [0.25, 0.3) is 6.43 Å². The van der Waals surface area contributed by atoms with E-state index < -0.39 is 6.43 Å². The molecule has 0 radical (unpaired) electrons. The molecule has 10 heteroatoms. The van der Waals surface area contributed by atoms with E-state index in [4.69, 9.17) is 33.8 Å². The fourth-order valence-electron chi connectivity index (χ4n) is 1.55. The average Bonchev–Trinajstić information content (AvgIpc) is 2.57. The molecule has 126 valence electrons. The first-order valence-electron chi connectivity index (χ1n) is 6.48. The second-order valence-electron chi connectivity index (χ2n) is 4.36. The summed E-state index contributed by atoms with van der Waals surface area (Å²) in [7, 11) is 0. The predicted octanol–water partition coefficient (Wildman–Crippen LogP) is 3.82. The van der Waals surface area contributed by atoms with Crippen LogP contribution in [0.3, 0.4) is 0 Å². The van der Waals surface area contributed by atoms with E-state index in [0.29, 0.717) is 5.02 Å². The van der Waals surface area contributed by atoms with E-state index in [2.05, 4.69) is 20.1 Å². The molecule has 0 spiro atoms. The zero-order chi connectivity index (χ0) is 17.5. The van der Waals surface area contributed by atoms with Crippen LogP contribution in [0.5, 0.6) is 6.01 Å². The topological polar surface area (TPSA) is 85.8 Å². The standard InChI is InChI=1S/C14H11Cl2F2N5O/c15-8-4-21-14(22-5-8)24-7-10(23-19)6-20-9-1-2-12(16)11(3-9)13(17)18/h1-6,13H,7,19H2. The van der Waals surface area contributed by atoms with Crippen molar-refractivity contribution in [1.82, 2.24) is 9.97 Å². The number of halogens is 4. The SMILES string of the molecule is NN=C(C=Nc1ccc(Cl)c(C(F)F)c1)COc1ncc(Cl)cn1. The second-order valence-corrected chi connectivity index (χ2v) is 5.20. The summed E-state index contributed by atoms with van der Waals surface area (Å²) in [6.07, 6.45) is 1.34. The van der Waals surface area contributed by atoms with Crippen molar-refractivity contribution in [3.05, 3.63) is 46.2 Å². The highest BCUT2D eigenvalue weighted by Crippen LogP contribution is 2.30. The molecular formula is C14H11Cl2F2N5O. The summed E-state index contributed by atoms with van der Waals surface area (Å²) >= 11 is 11.3. The lowest BCUT2D eigenvalue weighted by Gasteiger charge is -2.05. The summed E-state index contributed by atoms with van der Waals surface area (Å²) in [5.74, 6) is 5.24. The van der Waals surface area contributed by atoms with E-state index in [0.717, 1.165) is 0 Å². The second kappa shape index (κ2) is 8.51. The number of nitrogens with zero attached hydrogens (tertiary/aromatic N) is 4. The third kappa shape index (κ3) is 5.10. The van der Waals surface area contributed by atoms with Gasteiger partial charge in [-0.3, -0.25) is 4.99 Å². The molecule has 0 saturated heterocycles. The van der Waals surface area contributed by atoms with Crippen molar-refractivity contribution in [3.8, 4) is 6.01 Å². The van der Waals surface area contributed by atoms with E-state index in [1.165, 1.54) is 36.8 Å². The van der Waals surface area contributed by atoms with Gasteiger partial charge in [0.15, 0.2) is 0 Å². The number of nitrogens with two attached hydrogens (primary N) is 1.